The second-order valence-electron chi connectivity index (χ2n) is 5.50. The van der Waals surface area contributed by atoms with E-state index in [0.717, 1.165) is 26.1 Å². The van der Waals surface area contributed by atoms with Crippen LogP contribution in [0.3, 0.4) is 0 Å². The van der Waals surface area contributed by atoms with Gasteiger partial charge in [0.25, 0.3) is 0 Å². The molecule has 1 rings (SSSR count). The van der Waals surface area contributed by atoms with Gasteiger partial charge in [-0.15, -0.1) is 0 Å². The van der Waals surface area contributed by atoms with Crippen LogP contribution < -0.4 is 11.1 Å². The van der Waals surface area contributed by atoms with Gasteiger partial charge in [0.15, 0.2) is 0 Å². The van der Waals surface area contributed by atoms with E-state index in [1.165, 1.54) is 10.0 Å². The first-order chi connectivity index (χ1) is 8.51. The van der Waals surface area contributed by atoms with E-state index in [9.17, 15) is 0 Å². The molecule has 1 aromatic rings. The lowest BCUT2D eigenvalue weighted by atomic mass is 9.84. The molecule has 2 nitrogen and oxygen atoms in total. The molecule has 3 heteroatoms. The Morgan fingerprint density at radius 2 is 2.00 bits per heavy atom. The molecule has 0 saturated carbocycles. The van der Waals surface area contributed by atoms with E-state index in [2.05, 4.69) is 66.3 Å². The Labute approximate surface area is 119 Å². The number of nitrogens with one attached hydrogen (secondary N) is 1. The quantitative estimate of drug-likeness (QED) is 0.810. The molecule has 0 heterocycles. The minimum absolute atomic E-state index is 0.118. The van der Waals surface area contributed by atoms with E-state index >= 15 is 0 Å². The molecule has 0 amide bonds. The summed E-state index contributed by atoms with van der Waals surface area (Å²) in [4.78, 5) is 0. The van der Waals surface area contributed by atoms with Crippen molar-refractivity contribution in [2.24, 2.45) is 11.7 Å². The molecule has 3 N–H and O–H groups in total. The van der Waals surface area contributed by atoms with Crippen molar-refractivity contribution >= 4 is 15.9 Å². The summed E-state index contributed by atoms with van der Waals surface area (Å²) in [6.45, 7) is 9.46. The maximum Gasteiger partial charge on any atom is 0.0213 e. The zero-order valence-electron chi connectivity index (χ0n) is 11.7. The number of benzene rings is 1. The third kappa shape index (κ3) is 4.38. The third-order valence-corrected chi connectivity index (χ3v) is 4.21. The molecular formula is C15H25BrN2. The first-order valence-corrected chi connectivity index (χ1v) is 7.46. The van der Waals surface area contributed by atoms with Crippen molar-refractivity contribution in [2.45, 2.75) is 32.6 Å². The van der Waals surface area contributed by atoms with Gasteiger partial charge in [-0.2, -0.15) is 0 Å². The van der Waals surface area contributed by atoms with Gasteiger partial charge in [0.05, 0.1) is 0 Å². The summed E-state index contributed by atoms with van der Waals surface area (Å²) in [6.07, 6.45) is 1.14. The number of rotatable bonds is 7. The summed E-state index contributed by atoms with van der Waals surface area (Å²) in [5.41, 5.74) is 7.18. The summed E-state index contributed by atoms with van der Waals surface area (Å²) in [7, 11) is 0. The Morgan fingerprint density at radius 1 is 1.33 bits per heavy atom. The Kier molecular flexibility index (Phi) is 6.33. The van der Waals surface area contributed by atoms with Crippen molar-refractivity contribution in [1.29, 1.82) is 0 Å². The fraction of sp³-hybridized carbons (Fsp3) is 0.600. The third-order valence-electron chi connectivity index (χ3n) is 3.51. The molecule has 0 spiro atoms. The van der Waals surface area contributed by atoms with E-state index in [-0.39, 0.29) is 5.41 Å². The fourth-order valence-corrected chi connectivity index (χ4v) is 2.91. The number of halogens is 1. The fourth-order valence-electron chi connectivity index (χ4n) is 2.09. The minimum atomic E-state index is 0.118. The van der Waals surface area contributed by atoms with Gasteiger partial charge in [-0.05, 0) is 30.6 Å². The Morgan fingerprint density at radius 3 is 2.56 bits per heavy atom. The standard InChI is InChI=1S/C15H25BrN2/c1-4-12(9-17)10-18-11-15(2,3)13-7-5-6-8-14(13)16/h5-8,12,18H,4,9-11,17H2,1-3H3. The van der Waals surface area contributed by atoms with Crippen LogP contribution in [0.2, 0.25) is 0 Å². The summed E-state index contributed by atoms with van der Waals surface area (Å²) >= 11 is 3.63. The van der Waals surface area contributed by atoms with Crippen LogP contribution in [-0.2, 0) is 5.41 Å². The van der Waals surface area contributed by atoms with Gasteiger partial charge >= 0.3 is 0 Å². The highest BCUT2D eigenvalue weighted by molar-refractivity contribution is 9.10. The van der Waals surface area contributed by atoms with Crippen LogP contribution in [0.5, 0.6) is 0 Å². The molecule has 0 radical (unpaired) electrons. The molecule has 1 aromatic carbocycles. The lowest BCUT2D eigenvalue weighted by Crippen LogP contribution is -2.37. The molecular weight excluding hydrogens is 288 g/mol. The van der Waals surface area contributed by atoms with Crippen LogP contribution in [0.1, 0.15) is 32.8 Å². The number of nitrogens with two attached hydrogens (primary N) is 1. The predicted octanol–water partition coefficient (Wildman–Crippen LogP) is 3.30. The first kappa shape index (κ1) is 15.7. The van der Waals surface area contributed by atoms with Gasteiger partial charge in [-0.1, -0.05) is 61.3 Å². The average molecular weight is 313 g/mol. The van der Waals surface area contributed by atoms with Gasteiger partial charge in [0.2, 0.25) is 0 Å². The molecule has 1 atom stereocenters. The molecule has 18 heavy (non-hydrogen) atoms. The molecule has 0 aliphatic heterocycles. The highest BCUT2D eigenvalue weighted by atomic mass is 79.9. The van der Waals surface area contributed by atoms with Crippen molar-refractivity contribution in [3.05, 3.63) is 34.3 Å². The van der Waals surface area contributed by atoms with E-state index in [4.69, 9.17) is 5.73 Å². The lowest BCUT2D eigenvalue weighted by molar-refractivity contribution is 0.414. The lowest BCUT2D eigenvalue weighted by Gasteiger charge is -2.28. The van der Waals surface area contributed by atoms with E-state index in [1.54, 1.807) is 0 Å². The molecule has 0 aliphatic rings. The predicted molar refractivity (Wildman–Crippen MR) is 82.9 cm³/mol. The van der Waals surface area contributed by atoms with Gasteiger partial charge in [-0.25, -0.2) is 0 Å². The topological polar surface area (TPSA) is 38.0 Å². The van der Waals surface area contributed by atoms with Gasteiger partial charge < -0.3 is 11.1 Å². The number of hydrogen-bond donors (Lipinski definition) is 2. The average Bonchev–Trinajstić information content (AvgIpc) is 2.35. The van der Waals surface area contributed by atoms with Crippen LogP contribution in [-0.4, -0.2) is 19.6 Å². The van der Waals surface area contributed by atoms with Crippen LogP contribution in [0, 0.1) is 5.92 Å². The molecule has 102 valence electrons. The Hall–Kier alpha value is -0.380. The highest BCUT2D eigenvalue weighted by Gasteiger charge is 2.22. The Bertz CT molecular complexity index is 359. The smallest absolute Gasteiger partial charge is 0.0213 e. The normalized spacial score (nSPS) is 13.6. The second kappa shape index (κ2) is 7.27. The first-order valence-electron chi connectivity index (χ1n) is 6.67. The van der Waals surface area contributed by atoms with Crippen LogP contribution >= 0.6 is 15.9 Å². The van der Waals surface area contributed by atoms with E-state index in [0.29, 0.717) is 5.92 Å². The second-order valence-corrected chi connectivity index (χ2v) is 6.36. The van der Waals surface area contributed by atoms with Crippen molar-refractivity contribution in [3.8, 4) is 0 Å². The van der Waals surface area contributed by atoms with Gasteiger partial charge in [0, 0.05) is 16.4 Å². The largest absolute Gasteiger partial charge is 0.330 e. The van der Waals surface area contributed by atoms with Crippen LogP contribution in [0.25, 0.3) is 0 Å². The number of hydrogen-bond acceptors (Lipinski definition) is 2. The minimum Gasteiger partial charge on any atom is -0.330 e. The summed E-state index contributed by atoms with van der Waals surface area (Å²) in [5, 5.41) is 3.55. The van der Waals surface area contributed by atoms with Crippen molar-refractivity contribution in [1.82, 2.24) is 5.32 Å². The molecule has 0 bridgehead atoms. The van der Waals surface area contributed by atoms with Crippen molar-refractivity contribution in [3.63, 3.8) is 0 Å². The van der Waals surface area contributed by atoms with Crippen LogP contribution in [0.15, 0.2) is 28.7 Å². The maximum atomic E-state index is 5.72. The van der Waals surface area contributed by atoms with Crippen molar-refractivity contribution in [2.75, 3.05) is 19.6 Å². The van der Waals surface area contributed by atoms with Gasteiger partial charge in [-0.3, -0.25) is 0 Å². The maximum absolute atomic E-state index is 5.72. The van der Waals surface area contributed by atoms with Gasteiger partial charge in [0.1, 0.15) is 0 Å². The zero-order chi connectivity index (χ0) is 13.6. The molecule has 0 fully saturated rings. The van der Waals surface area contributed by atoms with E-state index < -0.39 is 0 Å². The zero-order valence-corrected chi connectivity index (χ0v) is 13.3. The molecule has 0 saturated heterocycles. The van der Waals surface area contributed by atoms with Crippen LogP contribution in [0.4, 0.5) is 0 Å². The summed E-state index contributed by atoms with van der Waals surface area (Å²) in [5.74, 6) is 0.583. The highest BCUT2D eigenvalue weighted by Crippen LogP contribution is 2.29. The Balaban J connectivity index is 2.57. The molecule has 0 aliphatic carbocycles. The summed E-state index contributed by atoms with van der Waals surface area (Å²) < 4.78 is 1.18. The molecule has 0 aromatic heterocycles. The van der Waals surface area contributed by atoms with Crippen molar-refractivity contribution < 1.29 is 0 Å². The molecule has 1 unspecified atom stereocenters. The summed E-state index contributed by atoms with van der Waals surface area (Å²) in [6, 6.07) is 8.44. The monoisotopic (exact) mass is 312 g/mol. The SMILES string of the molecule is CCC(CN)CNCC(C)(C)c1ccccc1Br. The van der Waals surface area contributed by atoms with E-state index in [1.807, 2.05) is 0 Å².